The molecule has 2 aliphatic heterocycles. The second-order valence-electron chi connectivity index (χ2n) is 13.9. The van der Waals surface area contributed by atoms with E-state index in [1.807, 2.05) is 85.8 Å². The van der Waals surface area contributed by atoms with Crippen LogP contribution < -0.4 is 10.3 Å². The maximum absolute atomic E-state index is 15.3. The van der Waals surface area contributed by atoms with Gasteiger partial charge in [0.1, 0.15) is 5.75 Å². The molecule has 2 saturated heterocycles. The zero-order valence-corrected chi connectivity index (χ0v) is 29.5. The Labute approximate surface area is 304 Å². The minimum absolute atomic E-state index is 0.0237. The van der Waals surface area contributed by atoms with E-state index < -0.39 is 46.8 Å². The summed E-state index contributed by atoms with van der Waals surface area (Å²) in [6.07, 6.45) is 4.57. The van der Waals surface area contributed by atoms with Crippen LogP contribution >= 0.6 is 15.9 Å². The summed E-state index contributed by atoms with van der Waals surface area (Å²) in [5.41, 5.74) is 6.33. The average Bonchev–Trinajstić information content (AvgIpc) is 3.52. The highest BCUT2D eigenvalue weighted by Gasteiger charge is 2.70. The third-order valence-electron chi connectivity index (χ3n) is 11.3. The summed E-state index contributed by atoms with van der Waals surface area (Å²) < 4.78 is 0.825. The van der Waals surface area contributed by atoms with Crippen molar-refractivity contribution >= 4 is 50.9 Å². The molecule has 4 aromatic carbocycles. The molecule has 3 fully saturated rings. The summed E-state index contributed by atoms with van der Waals surface area (Å²) >= 11 is 3.44. The maximum atomic E-state index is 15.3. The molecule has 256 valence electrons. The molecule has 0 spiro atoms. The van der Waals surface area contributed by atoms with E-state index in [0.717, 1.165) is 20.6 Å². The summed E-state index contributed by atoms with van der Waals surface area (Å²) in [6, 6.07) is 29.3. The molecule has 2 heterocycles. The topological polar surface area (TPSA) is 107 Å². The van der Waals surface area contributed by atoms with Crippen molar-refractivity contribution in [3.8, 4) is 5.75 Å². The zero-order chi connectivity index (χ0) is 35.6. The van der Waals surface area contributed by atoms with Gasteiger partial charge in [0.15, 0.2) is 0 Å². The maximum Gasteiger partial charge on any atom is 0.260 e. The standard InChI is InChI=1S/C42H36BrN3O5/c1-3-8-25-9-7-12-32(37(25)47)36-30-21-22-31-35(40(50)45(38(31)48)29-19-15-27(43)16-20-29)33(30)23-34-39(49)46(44-28-17-13-24(2)14-18-28)41(51)42(34,36)26-10-5-4-6-11-26/h3-7,9-21,31,33-36,44,47H,1,8,22-23H2,2H3/t31-,33+,34-,35-,36+,42+/m0/s1. The number of hydrogen-bond acceptors (Lipinski definition) is 6. The molecule has 8 nitrogen and oxygen atoms in total. The van der Waals surface area contributed by atoms with Gasteiger partial charge in [0.05, 0.1) is 34.5 Å². The van der Waals surface area contributed by atoms with Gasteiger partial charge in [-0.3, -0.25) is 29.5 Å². The highest BCUT2D eigenvalue weighted by Crippen LogP contribution is 2.65. The summed E-state index contributed by atoms with van der Waals surface area (Å²) in [5.74, 6) is -5.04. The van der Waals surface area contributed by atoms with Crippen LogP contribution in [-0.2, 0) is 31.0 Å². The highest BCUT2D eigenvalue weighted by atomic mass is 79.9. The van der Waals surface area contributed by atoms with Gasteiger partial charge < -0.3 is 5.11 Å². The molecular weight excluding hydrogens is 706 g/mol. The van der Waals surface area contributed by atoms with E-state index in [1.165, 1.54) is 4.90 Å². The fraction of sp³-hybridized carbons (Fsp3) is 0.238. The quantitative estimate of drug-likeness (QED) is 0.151. The lowest BCUT2D eigenvalue weighted by Gasteiger charge is -2.50. The molecule has 9 heteroatoms. The number of anilines is 2. The number of hydrogen-bond donors (Lipinski definition) is 2. The molecule has 0 radical (unpaired) electrons. The molecule has 51 heavy (non-hydrogen) atoms. The average molecular weight is 743 g/mol. The van der Waals surface area contributed by atoms with E-state index in [9.17, 15) is 19.5 Å². The van der Waals surface area contributed by atoms with E-state index in [4.69, 9.17) is 0 Å². The first-order valence-corrected chi connectivity index (χ1v) is 18.0. The Balaban J connectivity index is 1.34. The molecule has 4 aromatic rings. The summed E-state index contributed by atoms with van der Waals surface area (Å²) in [7, 11) is 0. The molecule has 8 rings (SSSR count). The number of carbonyl (C=O) groups is 4. The first-order chi connectivity index (χ1) is 24.7. The second kappa shape index (κ2) is 12.5. The van der Waals surface area contributed by atoms with Crippen molar-refractivity contribution in [2.24, 2.45) is 23.7 Å². The predicted octanol–water partition coefficient (Wildman–Crippen LogP) is 7.38. The van der Waals surface area contributed by atoms with Crippen LogP contribution in [0.5, 0.6) is 5.75 Å². The number of benzene rings is 4. The van der Waals surface area contributed by atoms with Crippen LogP contribution in [0, 0.1) is 30.6 Å². The number of aromatic hydroxyl groups is 1. The number of nitrogens with zero attached hydrogens (tertiary/aromatic N) is 2. The first kappa shape index (κ1) is 32.9. The smallest absolute Gasteiger partial charge is 0.260 e. The van der Waals surface area contributed by atoms with Crippen molar-refractivity contribution < 1.29 is 24.3 Å². The number of allylic oxidation sites excluding steroid dienone is 3. The van der Waals surface area contributed by atoms with Crippen molar-refractivity contribution in [3.63, 3.8) is 0 Å². The summed E-state index contributed by atoms with van der Waals surface area (Å²) in [4.78, 5) is 59.9. The van der Waals surface area contributed by atoms with Gasteiger partial charge in [0.25, 0.3) is 11.8 Å². The molecule has 0 bridgehead atoms. The van der Waals surface area contributed by atoms with Crippen molar-refractivity contribution in [2.45, 2.75) is 37.5 Å². The number of phenols is 1. The second-order valence-corrected chi connectivity index (χ2v) is 14.8. The number of para-hydroxylation sites is 1. The van der Waals surface area contributed by atoms with Gasteiger partial charge in [-0.15, -0.1) is 6.58 Å². The Kier molecular flexibility index (Phi) is 8.06. The zero-order valence-electron chi connectivity index (χ0n) is 28.0. The summed E-state index contributed by atoms with van der Waals surface area (Å²) in [6.45, 7) is 5.83. The number of nitrogens with one attached hydrogen (secondary N) is 1. The van der Waals surface area contributed by atoms with Crippen LogP contribution in [0.2, 0.25) is 0 Å². The SMILES string of the molecule is C=CCc1cccc([C@H]2C3=CC[C@@H]4C(=O)N(c5ccc(Br)cc5)C(=O)[C@@H]4[C@@H]3C[C@H]3C(=O)N(Nc4ccc(C)cc4)C(=O)[C@@]23c2ccccc2)c1O. The number of hydrazine groups is 1. The Bertz CT molecular complexity index is 2130. The number of fused-ring (bicyclic) bond motifs is 4. The Hall–Kier alpha value is -5.28. The number of rotatable bonds is 7. The third-order valence-corrected chi connectivity index (χ3v) is 11.8. The largest absolute Gasteiger partial charge is 0.507 e. The van der Waals surface area contributed by atoms with Gasteiger partial charge in [-0.2, -0.15) is 5.01 Å². The molecule has 0 aromatic heterocycles. The van der Waals surface area contributed by atoms with Gasteiger partial charge in [-0.05, 0) is 79.6 Å². The molecule has 1 saturated carbocycles. The third kappa shape index (κ3) is 4.93. The minimum atomic E-state index is -1.47. The normalized spacial score (nSPS) is 26.8. The van der Waals surface area contributed by atoms with Crippen LogP contribution in [0.1, 0.15) is 41.0 Å². The fourth-order valence-corrected chi connectivity index (χ4v) is 9.36. The molecule has 2 N–H and O–H groups in total. The molecule has 4 aliphatic rings. The molecule has 0 unspecified atom stereocenters. The van der Waals surface area contributed by atoms with Crippen molar-refractivity contribution in [1.82, 2.24) is 5.01 Å². The highest BCUT2D eigenvalue weighted by molar-refractivity contribution is 9.10. The number of carbonyl (C=O) groups excluding carboxylic acids is 4. The number of amides is 4. The Morgan fingerprint density at radius 2 is 1.61 bits per heavy atom. The Morgan fingerprint density at radius 3 is 2.31 bits per heavy atom. The van der Waals surface area contributed by atoms with E-state index in [1.54, 1.807) is 30.3 Å². The van der Waals surface area contributed by atoms with E-state index >= 15 is 4.79 Å². The molecular formula is C42H36BrN3O5. The lowest BCUT2D eigenvalue weighted by Crippen LogP contribution is -2.53. The monoisotopic (exact) mass is 741 g/mol. The van der Waals surface area contributed by atoms with Crippen LogP contribution in [0.25, 0.3) is 0 Å². The molecule has 6 atom stereocenters. The van der Waals surface area contributed by atoms with Gasteiger partial charge in [-0.25, -0.2) is 0 Å². The van der Waals surface area contributed by atoms with Crippen LogP contribution in [-0.4, -0.2) is 33.7 Å². The van der Waals surface area contributed by atoms with Crippen LogP contribution in [0.3, 0.4) is 0 Å². The first-order valence-electron chi connectivity index (χ1n) is 17.2. The number of imide groups is 2. The van der Waals surface area contributed by atoms with Gasteiger partial charge in [-0.1, -0.05) is 99.9 Å². The van der Waals surface area contributed by atoms with Crippen LogP contribution in [0.4, 0.5) is 11.4 Å². The van der Waals surface area contributed by atoms with E-state index in [2.05, 4.69) is 27.9 Å². The lowest BCUT2D eigenvalue weighted by molar-refractivity contribution is -0.138. The fourth-order valence-electron chi connectivity index (χ4n) is 9.10. The van der Waals surface area contributed by atoms with E-state index in [-0.39, 0.29) is 24.0 Å². The predicted molar refractivity (Wildman–Crippen MR) is 197 cm³/mol. The lowest BCUT2D eigenvalue weighted by atomic mass is 9.49. The van der Waals surface area contributed by atoms with Gasteiger partial charge in [0, 0.05) is 16.0 Å². The van der Waals surface area contributed by atoms with Crippen molar-refractivity contribution in [3.05, 3.63) is 148 Å². The van der Waals surface area contributed by atoms with Gasteiger partial charge in [0.2, 0.25) is 11.8 Å². The van der Waals surface area contributed by atoms with Gasteiger partial charge >= 0.3 is 0 Å². The van der Waals surface area contributed by atoms with Crippen LogP contribution in [0.15, 0.2) is 126 Å². The number of phenolic OH excluding ortho intramolecular Hbond substituents is 1. The molecule has 4 amide bonds. The Morgan fingerprint density at radius 1 is 0.882 bits per heavy atom. The van der Waals surface area contributed by atoms with Crippen molar-refractivity contribution in [2.75, 3.05) is 10.3 Å². The number of halogens is 1. The van der Waals surface area contributed by atoms with Crippen molar-refractivity contribution in [1.29, 1.82) is 0 Å². The molecule has 2 aliphatic carbocycles. The van der Waals surface area contributed by atoms with E-state index in [0.29, 0.717) is 40.9 Å². The number of aryl methyl sites for hydroxylation is 1. The summed E-state index contributed by atoms with van der Waals surface area (Å²) in [5, 5.41) is 13.1. The minimum Gasteiger partial charge on any atom is -0.507 e.